The van der Waals surface area contributed by atoms with Gasteiger partial charge in [-0.15, -0.1) is 0 Å². The minimum atomic E-state index is -3.32. The Morgan fingerprint density at radius 2 is 2.13 bits per heavy atom. The summed E-state index contributed by atoms with van der Waals surface area (Å²) in [4.78, 5) is 22.9. The predicted molar refractivity (Wildman–Crippen MR) is 125 cm³/mol. The third-order valence-corrected chi connectivity index (χ3v) is 7.50. The summed E-state index contributed by atoms with van der Waals surface area (Å²) < 4.78 is 26.8. The second-order valence-corrected chi connectivity index (χ2v) is 10.4. The van der Waals surface area contributed by atoms with E-state index in [4.69, 9.17) is 0 Å². The highest BCUT2D eigenvalue weighted by Gasteiger charge is 2.32. The normalized spacial score (nSPS) is 16.2. The Bertz CT molecular complexity index is 1010. The molecule has 168 valence electrons. The van der Waals surface area contributed by atoms with Crippen molar-refractivity contribution in [3.8, 4) is 11.8 Å². The van der Waals surface area contributed by atoms with Gasteiger partial charge in [0.25, 0.3) is 0 Å². The lowest BCUT2D eigenvalue weighted by atomic mass is 10.1. The molecule has 2 rings (SSSR count). The van der Waals surface area contributed by atoms with Crippen molar-refractivity contribution >= 4 is 40.0 Å². The molecule has 1 unspecified atom stereocenters. The standard InChI is InChI=1S/C21H28N4O4S2/c1-21(23-16-26,20(27)22-2)15-30-25-12-10-17(11-13-25)8-9-18-6-5-7-19(14-18)24(3)31(4,28)29/h5-7,10,14,16H,11-13,15H2,1-4H3,(H,22,27)(H,23,26). The van der Waals surface area contributed by atoms with Gasteiger partial charge in [-0.2, -0.15) is 0 Å². The van der Waals surface area contributed by atoms with Gasteiger partial charge in [0.15, 0.2) is 0 Å². The zero-order valence-corrected chi connectivity index (χ0v) is 19.8. The first kappa shape index (κ1) is 24.8. The van der Waals surface area contributed by atoms with E-state index < -0.39 is 15.6 Å². The SMILES string of the molecule is CNC(=O)C(C)(CSN1CC=C(C#Cc2cccc(N(C)S(C)(=O)=O)c2)CC1)NC=O. The third-order valence-electron chi connectivity index (χ3n) is 4.89. The topological polar surface area (TPSA) is 98.8 Å². The molecule has 1 atom stereocenters. The number of sulfonamides is 1. The maximum absolute atomic E-state index is 12.1. The van der Waals surface area contributed by atoms with E-state index in [0.717, 1.165) is 30.4 Å². The van der Waals surface area contributed by atoms with Gasteiger partial charge in [0.05, 0.1) is 11.9 Å². The average Bonchev–Trinajstić information content (AvgIpc) is 2.75. The van der Waals surface area contributed by atoms with E-state index in [9.17, 15) is 18.0 Å². The molecule has 0 fully saturated rings. The summed E-state index contributed by atoms with van der Waals surface area (Å²) in [6, 6.07) is 7.11. The molecule has 31 heavy (non-hydrogen) atoms. The Kier molecular flexibility index (Phi) is 8.56. The molecular formula is C21H28N4O4S2. The quantitative estimate of drug-likeness (QED) is 0.338. The Morgan fingerprint density at radius 3 is 2.71 bits per heavy atom. The van der Waals surface area contributed by atoms with Crippen molar-refractivity contribution in [2.24, 2.45) is 0 Å². The summed E-state index contributed by atoms with van der Waals surface area (Å²) in [5.74, 6) is 6.45. The Labute approximate surface area is 188 Å². The molecule has 0 aliphatic carbocycles. The molecule has 1 aromatic rings. The smallest absolute Gasteiger partial charge is 0.246 e. The molecule has 1 aliphatic heterocycles. The van der Waals surface area contributed by atoms with E-state index in [2.05, 4.69) is 26.8 Å². The molecule has 0 aromatic heterocycles. The van der Waals surface area contributed by atoms with Crippen molar-refractivity contribution in [2.75, 3.05) is 43.5 Å². The first-order chi connectivity index (χ1) is 14.6. The molecule has 8 nitrogen and oxygen atoms in total. The van der Waals surface area contributed by atoms with Crippen molar-refractivity contribution in [1.29, 1.82) is 0 Å². The van der Waals surface area contributed by atoms with E-state index in [1.54, 1.807) is 32.2 Å². The molecule has 0 radical (unpaired) electrons. The van der Waals surface area contributed by atoms with Gasteiger partial charge in [-0.3, -0.25) is 13.9 Å². The van der Waals surface area contributed by atoms with Crippen LogP contribution in [0.3, 0.4) is 0 Å². The lowest BCUT2D eigenvalue weighted by Gasteiger charge is -2.30. The number of likely N-dealkylation sites (N-methyl/N-ethyl adjacent to an activating group) is 1. The second kappa shape index (κ2) is 10.7. The molecule has 0 spiro atoms. The number of rotatable bonds is 8. The zero-order valence-electron chi connectivity index (χ0n) is 18.1. The van der Waals surface area contributed by atoms with Crippen LogP contribution in [-0.2, 0) is 19.6 Å². The molecule has 1 heterocycles. The van der Waals surface area contributed by atoms with E-state index in [0.29, 0.717) is 24.4 Å². The summed E-state index contributed by atoms with van der Waals surface area (Å²) in [6.07, 6.45) is 4.51. The van der Waals surface area contributed by atoms with Gasteiger partial charge in [-0.05, 0) is 31.5 Å². The Hall–Kier alpha value is -2.48. The number of nitrogens with zero attached hydrogens (tertiary/aromatic N) is 2. The van der Waals surface area contributed by atoms with Crippen molar-refractivity contribution in [3.05, 3.63) is 41.5 Å². The molecule has 1 aliphatic rings. The van der Waals surface area contributed by atoms with Gasteiger partial charge in [0.1, 0.15) is 5.54 Å². The first-order valence-electron chi connectivity index (χ1n) is 9.65. The number of carbonyl (C=O) groups is 2. The lowest BCUT2D eigenvalue weighted by Crippen LogP contribution is -2.56. The van der Waals surface area contributed by atoms with Gasteiger partial charge in [-0.1, -0.05) is 35.9 Å². The van der Waals surface area contributed by atoms with Crippen LogP contribution >= 0.6 is 11.9 Å². The van der Waals surface area contributed by atoms with Gasteiger partial charge in [0, 0.05) is 44.1 Å². The van der Waals surface area contributed by atoms with E-state index in [1.165, 1.54) is 23.3 Å². The molecule has 2 N–H and O–H groups in total. The first-order valence-corrected chi connectivity index (χ1v) is 12.4. The molecule has 0 saturated heterocycles. The molecule has 2 amide bonds. The fourth-order valence-corrected chi connectivity index (χ4v) is 4.36. The van der Waals surface area contributed by atoms with Crippen LogP contribution in [0.4, 0.5) is 5.69 Å². The number of anilines is 1. The predicted octanol–water partition coefficient (Wildman–Crippen LogP) is 0.965. The van der Waals surface area contributed by atoms with Gasteiger partial charge in [0.2, 0.25) is 22.3 Å². The molecule has 1 aromatic carbocycles. The van der Waals surface area contributed by atoms with Crippen LogP contribution in [0.5, 0.6) is 0 Å². The number of benzene rings is 1. The average molecular weight is 465 g/mol. The number of hydrogen-bond donors (Lipinski definition) is 2. The minimum Gasteiger partial charge on any atom is -0.357 e. The second-order valence-electron chi connectivity index (χ2n) is 7.35. The third kappa shape index (κ3) is 7.02. The highest BCUT2D eigenvalue weighted by Crippen LogP contribution is 2.22. The van der Waals surface area contributed by atoms with Crippen LogP contribution in [0.25, 0.3) is 0 Å². The summed E-state index contributed by atoms with van der Waals surface area (Å²) >= 11 is 1.51. The van der Waals surface area contributed by atoms with Crippen LogP contribution in [0.1, 0.15) is 18.9 Å². The number of carbonyl (C=O) groups excluding carboxylic acids is 2. The fraction of sp³-hybridized carbons (Fsp3) is 0.429. The number of amides is 2. The molecular weight excluding hydrogens is 436 g/mol. The van der Waals surface area contributed by atoms with E-state index in [1.807, 2.05) is 12.1 Å². The van der Waals surface area contributed by atoms with Crippen LogP contribution in [0.2, 0.25) is 0 Å². The van der Waals surface area contributed by atoms with Crippen LogP contribution in [0, 0.1) is 11.8 Å². The monoisotopic (exact) mass is 464 g/mol. The van der Waals surface area contributed by atoms with Crippen molar-refractivity contribution in [1.82, 2.24) is 14.9 Å². The van der Waals surface area contributed by atoms with Gasteiger partial charge in [-0.25, -0.2) is 12.7 Å². The number of hydrogen-bond acceptors (Lipinski definition) is 6. The number of nitrogens with one attached hydrogen (secondary N) is 2. The Morgan fingerprint density at radius 1 is 1.39 bits per heavy atom. The Balaban J connectivity index is 1.99. The van der Waals surface area contributed by atoms with Crippen molar-refractivity contribution in [2.45, 2.75) is 18.9 Å². The van der Waals surface area contributed by atoms with Crippen LogP contribution in [0.15, 0.2) is 35.9 Å². The van der Waals surface area contributed by atoms with E-state index in [-0.39, 0.29) is 5.91 Å². The maximum Gasteiger partial charge on any atom is 0.246 e. The molecule has 0 saturated carbocycles. The molecule has 0 bridgehead atoms. The van der Waals surface area contributed by atoms with Crippen molar-refractivity contribution in [3.63, 3.8) is 0 Å². The summed E-state index contributed by atoms with van der Waals surface area (Å²) in [5, 5.41) is 5.18. The fourth-order valence-electron chi connectivity index (χ4n) is 2.80. The minimum absolute atomic E-state index is 0.241. The van der Waals surface area contributed by atoms with Gasteiger partial charge >= 0.3 is 0 Å². The highest BCUT2D eigenvalue weighted by atomic mass is 32.2. The lowest BCUT2D eigenvalue weighted by molar-refractivity contribution is -0.128. The highest BCUT2D eigenvalue weighted by molar-refractivity contribution is 7.97. The van der Waals surface area contributed by atoms with Crippen LogP contribution in [-0.4, -0.2) is 69.8 Å². The largest absolute Gasteiger partial charge is 0.357 e. The van der Waals surface area contributed by atoms with Gasteiger partial charge < -0.3 is 10.6 Å². The zero-order chi connectivity index (χ0) is 23.1. The van der Waals surface area contributed by atoms with Crippen LogP contribution < -0.4 is 14.9 Å². The maximum atomic E-state index is 12.1. The summed E-state index contributed by atoms with van der Waals surface area (Å²) in [5.41, 5.74) is 1.35. The van der Waals surface area contributed by atoms with Crippen molar-refractivity contribution < 1.29 is 18.0 Å². The van der Waals surface area contributed by atoms with E-state index >= 15 is 0 Å². The molecule has 10 heteroatoms. The summed E-state index contributed by atoms with van der Waals surface area (Å²) in [6.45, 7) is 3.14. The summed E-state index contributed by atoms with van der Waals surface area (Å²) in [7, 11) is -0.270.